The lowest BCUT2D eigenvalue weighted by atomic mass is 9.98. The Balaban J connectivity index is 2.86. The minimum absolute atomic E-state index is 0.186. The van der Waals surface area contributed by atoms with Gasteiger partial charge in [-0.05, 0) is 18.1 Å². The van der Waals surface area contributed by atoms with Crippen molar-refractivity contribution in [2.75, 3.05) is 6.54 Å². The van der Waals surface area contributed by atoms with E-state index in [1.807, 2.05) is 0 Å². The minimum Gasteiger partial charge on any atom is -0.330 e. The fourth-order valence-corrected chi connectivity index (χ4v) is 1.29. The molecule has 0 bridgehead atoms. The molecule has 0 saturated carbocycles. The summed E-state index contributed by atoms with van der Waals surface area (Å²) in [5.41, 5.74) is 4.78. The van der Waals surface area contributed by atoms with Gasteiger partial charge in [-0.3, -0.25) is 0 Å². The van der Waals surface area contributed by atoms with Crippen molar-refractivity contribution >= 4 is 0 Å². The third kappa shape index (κ3) is 3.16. The lowest BCUT2D eigenvalue weighted by molar-refractivity contribution is -0.171. The van der Waals surface area contributed by atoms with Crippen molar-refractivity contribution in [2.24, 2.45) is 11.7 Å². The van der Waals surface area contributed by atoms with Crippen LogP contribution in [0, 0.1) is 17.6 Å². The molecule has 6 heteroatoms. The standard InChI is InChI=1S/C10H10F5N/c11-8-2-1-6(9(12)4-8)3-7(5-16)10(13,14)15/h1-2,4,7H,3,5,16H2. The maximum Gasteiger partial charge on any atom is 0.393 e. The molecule has 0 amide bonds. The lowest BCUT2D eigenvalue weighted by Gasteiger charge is -2.18. The van der Waals surface area contributed by atoms with Gasteiger partial charge in [0.15, 0.2) is 0 Å². The van der Waals surface area contributed by atoms with Crippen LogP contribution in [-0.4, -0.2) is 12.7 Å². The monoisotopic (exact) mass is 239 g/mol. The van der Waals surface area contributed by atoms with Gasteiger partial charge in [0, 0.05) is 12.6 Å². The number of hydrogen-bond donors (Lipinski definition) is 1. The quantitative estimate of drug-likeness (QED) is 0.806. The number of alkyl halides is 3. The van der Waals surface area contributed by atoms with Gasteiger partial charge in [0.1, 0.15) is 11.6 Å². The first-order valence-corrected chi connectivity index (χ1v) is 4.55. The zero-order valence-electron chi connectivity index (χ0n) is 8.19. The van der Waals surface area contributed by atoms with Crippen LogP contribution < -0.4 is 5.73 Å². The van der Waals surface area contributed by atoms with E-state index in [0.717, 1.165) is 12.1 Å². The molecule has 1 nitrogen and oxygen atoms in total. The maximum absolute atomic E-state index is 13.1. The molecule has 0 aliphatic rings. The smallest absolute Gasteiger partial charge is 0.330 e. The van der Waals surface area contributed by atoms with E-state index in [1.165, 1.54) is 0 Å². The van der Waals surface area contributed by atoms with Gasteiger partial charge in [-0.2, -0.15) is 13.2 Å². The van der Waals surface area contributed by atoms with Gasteiger partial charge in [0.25, 0.3) is 0 Å². The van der Waals surface area contributed by atoms with Crippen molar-refractivity contribution in [1.82, 2.24) is 0 Å². The summed E-state index contributed by atoms with van der Waals surface area (Å²) in [4.78, 5) is 0. The lowest BCUT2D eigenvalue weighted by Crippen LogP contribution is -2.32. The molecule has 0 aliphatic heterocycles. The molecule has 0 spiro atoms. The van der Waals surface area contributed by atoms with E-state index in [1.54, 1.807) is 0 Å². The van der Waals surface area contributed by atoms with Gasteiger partial charge in [-0.15, -0.1) is 0 Å². The Morgan fingerprint density at radius 1 is 1.19 bits per heavy atom. The number of rotatable bonds is 3. The topological polar surface area (TPSA) is 26.0 Å². The maximum atomic E-state index is 13.1. The van der Waals surface area contributed by atoms with Crippen LogP contribution in [0.15, 0.2) is 18.2 Å². The van der Waals surface area contributed by atoms with Crippen LogP contribution >= 0.6 is 0 Å². The first-order chi connectivity index (χ1) is 7.34. The third-order valence-electron chi connectivity index (χ3n) is 2.23. The number of halogens is 5. The highest BCUT2D eigenvalue weighted by Gasteiger charge is 2.38. The molecule has 1 unspecified atom stereocenters. The summed E-state index contributed by atoms with van der Waals surface area (Å²) >= 11 is 0. The van der Waals surface area contributed by atoms with E-state index in [-0.39, 0.29) is 5.56 Å². The molecular weight excluding hydrogens is 229 g/mol. The molecule has 0 radical (unpaired) electrons. The molecule has 0 aliphatic carbocycles. The average molecular weight is 239 g/mol. The molecule has 16 heavy (non-hydrogen) atoms. The van der Waals surface area contributed by atoms with E-state index >= 15 is 0 Å². The van der Waals surface area contributed by atoms with Crippen LogP contribution in [0.1, 0.15) is 5.56 Å². The van der Waals surface area contributed by atoms with Crippen molar-refractivity contribution in [3.8, 4) is 0 Å². The Morgan fingerprint density at radius 3 is 2.25 bits per heavy atom. The molecule has 1 aromatic carbocycles. The molecule has 1 rings (SSSR count). The van der Waals surface area contributed by atoms with Crippen LogP contribution in [0.4, 0.5) is 22.0 Å². The summed E-state index contributed by atoms with van der Waals surface area (Å²) < 4.78 is 62.6. The Morgan fingerprint density at radius 2 is 1.81 bits per heavy atom. The summed E-state index contributed by atoms with van der Waals surface area (Å²) in [7, 11) is 0. The molecule has 0 heterocycles. The van der Waals surface area contributed by atoms with E-state index in [4.69, 9.17) is 5.73 Å². The number of benzene rings is 1. The predicted molar refractivity (Wildman–Crippen MR) is 48.7 cm³/mol. The predicted octanol–water partition coefficient (Wildman–Crippen LogP) is 2.64. The van der Waals surface area contributed by atoms with Crippen LogP contribution in [-0.2, 0) is 6.42 Å². The molecule has 0 saturated heterocycles. The third-order valence-corrected chi connectivity index (χ3v) is 2.23. The highest BCUT2D eigenvalue weighted by Crippen LogP contribution is 2.29. The molecule has 0 fully saturated rings. The zero-order chi connectivity index (χ0) is 12.3. The summed E-state index contributed by atoms with van der Waals surface area (Å²) in [6.07, 6.45) is -5.05. The summed E-state index contributed by atoms with van der Waals surface area (Å²) in [5.74, 6) is -3.62. The molecule has 0 aromatic heterocycles. The van der Waals surface area contributed by atoms with Gasteiger partial charge in [0.05, 0.1) is 5.92 Å². The van der Waals surface area contributed by atoms with Crippen molar-refractivity contribution in [3.05, 3.63) is 35.4 Å². The Hall–Kier alpha value is -1.17. The Kier molecular flexibility index (Phi) is 3.85. The highest BCUT2D eigenvalue weighted by atomic mass is 19.4. The molecule has 1 atom stereocenters. The Labute approximate surface area is 89.1 Å². The molecule has 1 aromatic rings. The van der Waals surface area contributed by atoms with Gasteiger partial charge in [0.2, 0.25) is 0 Å². The summed E-state index contributed by atoms with van der Waals surface area (Å²) in [6.45, 7) is -0.625. The van der Waals surface area contributed by atoms with Crippen LogP contribution in [0.3, 0.4) is 0 Å². The Bertz CT molecular complexity index is 361. The van der Waals surface area contributed by atoms with Gasteiger partial charge in [-0.1, -0.05) is 6.07 Å². The largest absolute Gasteiger partial charge is 0.393 e. The van der Waals surface area contributed by atoms with E-state index < -0.39 is 36.7 Å². The highest BCUT2D eigenvalue weighted by molar-refractivity contribution is 5.19. The van der Waals surface area contributed by atoms with E-state index in [0.29, 0.717) is 6.07 Å². The molecule has 90 valence electrons. The van der Waals surface area contributed by atoms with Gasteiger partial charge < -0.3 is 5.73 Å². The molecular formula is C10H10F5N. The second-order valence-corrected chi connectivity index (χ2v) is 3.41. The van der Waals surface area contributed by atoms with E-state index in [2.05, 4.69) is 0 Å². The SMILES string of the molecule is NCC(Cc1ccc(F)cc1F)C(F)(F)F. The minimum atomic E-state index is -4.48. The normalized spacial score (nSPS) is 13.9. The summed E-state index contributed by atoms with van der Waals surface area (Å²) in [5, 5.41) is 0. The number of hydrogen-bond acceptors (Lipinski definition) is 1. The zero-order valence-corrected chi connectivity index (χ0v) is 8.19. The van der Waals surface area contributed by atoms with Crippen molar-refractivity contribution in [3.63, 3.8) is 0 Å². The van der Waals surface area contributed by atoms with Crippen LogP contribution in [0.2, 0.25) is 0 Å². The molecule has 2 N–H and O–H groups in total. The van der Waals surface area contributed by atoms with Crippen molar-refractivity contribution in [2.45, 2.75) is 12.6 Å². The van der Waals surface area contributed by atoms with Crippen LogP contribution in [0.25, 0.3) is 0 Å². The summed E-state index contributed by atoms with van der Waals surface area (Å²) in [6, 6.07) is 2.47. The fraction of sp³-hybridized carbons (Fsp3) is 0.400. The van der Waals surface area contributed by atoms with E-state index in [9.17, 15) is 22.0 Å². The first-order valence-electron chi connectivity index (χ1n) is 4.55. The van der Waals surface area contributed by atoms with Crippen molar-refractivity contribution < 1.29 is 22.0 Å². The van der Waals surface area contributed by atoms with Gasteiger partial charge >= 0.3 is 6.18 Å². The van der Waals surface area contributed by atoms with Gasteiger partial charge in [-0.25, -0.2) is 8.78 Å². The number of nitrogens with two attached hydrogens (primary N) is 1. The first kappa shape index (κ1) is 12.9. The van der Waals surface area contributed by atoms with Crippen LogP contribution in [0.5, 0.6) is 0 Å². The second-order valence-electron chi connectivity index (χ2n) is 3.41. The second kappa shape index (κ2) is 4.78. The van der Waals surface area contributed by atoms with Crippen molar-refractivity contribution in [1.29, 1.82) is 0 Å². The average Bonchev–Trinajstić information content (AvgIpc) is 2.14. The fourth-order valence-electron chi connectivity index (χ4n) is 1.29.